The van der Waals surface area contributed by atoms with Crippen molar-refractivity contribution in [2.45, 2.75) is 258 Å². The van der Waals surface area contributed by atoms with Gasteiger partial charge in [-0.3, -0.25) is 18.6 Å². The molecule has 0 aliphatic rings. The molecule has 1 amide bonds. The van der Waals surface area contributed by atoms with Gasteiger partial charge < -0.3 is 19.4 Å². The van der Waals surface area contributed by atoms with Gasteiger partial charge in [0.15, 0.2) is 0 Å². The van der Waals surface area contributed by atoms with Crippen LogP contribution in [0.25, 0.3) is 0 Å². The van der Waals surface area contributed by atoms with Crippen LogP contribution in [0.2, 0.25) is 0 Å². The number of quaternary nitrogens is 1. The second-order valence-corrected chi connectivity index (χ2v) is 21.9. The third-order valence-electron chi connectivity index (χ3n) is 12.4. The maximum atomic E-state index is 13.5. The molecule has 0 aliphatic carbocycles. The monoisotopic (exact) mass is 1000 g/mol. The topological polar surface area (TPSA) is 111 Å². The van der Waals surface area contributed by atoms with E-state index in [9.17, 15) is 19.0 Å². The molecule has 406 valence electrons. The van der Waals surface area contributed by atoms with Gasteiger partial charge in [0.25, 0.3) is 0 Å². The lowest BCUT2D eigenvalue weighted by molar-refractivity contribution is -0.870. The molecule has 0 aromatic carbocycles. The van der Waals surface area contributed by atoms with Crippen LogP contribution in [-0.4, -0.2) is 74.3 Å². The van der Waals surface area contributed by atoms with Gasteiger partial charge >= 0.3 is 13.8 Å². The zero-order valence-electron chi connectivity index (χ0n) is 46.2. The van der Waals surface area contributed by atoms with Crippen molar-refractivity contribution < 1.29 is 37.3 Å². The highest BCUT2D eigenvalue weighted by Gasteiger charge is 2.30. The van der Waals surface area contributed by atoms with E-state index < -0.39 is 20.0 Å². The zero-order valence-corrected chi connectivity index (χ0v) is 47.1. The highest BCUT2D eigenvalue weighted by atomic mass is 31.2. The van der Waals surface area contributed by atoms with Crippen molar-refractivity contribution in [1.29, 1.82) is 0 Å². The summed E-state index contributed by atoms with van der Waals surface area (Å²) in [6.45, 7) is 6.93. The average molecular weight is 1000 g/mol. The number of nitrogens with one attached hydrogen (secondary N) is 1. The number of rotatable bonds is 51. The molecular formula is C60H110N2O7P+. The van der Waals surface area contributed by atoms with Crippen molar-refractivity contribution >= 4 is 19.7 Å². The first-order chi connectivity index (χ1) is 33.9. The van der Waals surface area contributed by atoms with Gasteiger partial charge in [0, 0.05) is 12.8 Å². The predicted octanol–water partition coefficient (Wildman–Crippen LogP) is 17.3. The van der Waals surface area contributed by atoms with E-state index in [1.807, 2.05) is 33.3 Å². The van der Waals surface area contributed by atoms with Crippen molar-refractivity contribution in [2.24, 2.45) is 0 Å². The Morgan fingerprint density at radius 3 is 1.34 bits per heavy atom. The quantitative estimate of drug-likeness (QED) is 0.0205. The molecule has 0 radical (unpaired) electrons. The van der Waals surface area contributed by atoms with Crippen LogP contribution in [0.1, 0.15) is 245 Å². The Hall–Kier alpha value is -2.55. The van der Waals surface area contributed by atoms with Crippen molar-refractivity contribution in [3.8, 4) is 0 Å². The molecule has 0 aliphatic heterocycles. The second kappa shape index (κ2) is 50.0. The van der Waals surface area contributed by atoms with Crippen LogP contribution in [0, 0.1) is 0 Å². The molecular weight excluding hydrogens is 892 g/mol. The highest BCUT2D eigenvalue weighted by Crippen LogP contribution is 2.43. The molecule has 0 rings (SSSR count). The molecule has 0 saturated carbocycles. The lowest BCUT2D eigenvalue weighted by Crippen LogP contribution is -2.47. The van der Waals surface area contributed by atoms with E-state index in [0.29, 0.717) is 23.9 Å². The minimum absolute atomic E-state index is 0.0298. The molecule has 0 aromatic rings. The fourth-order valence-electron chi connectivity index (χ4n) is 7.86. The van der Waals surface area contributed by atoms with E-state index in [4.69, 9.17) is 13.8 Å². The van der Waals surface area contributed by atoms with Gasteiger partial charge in [-0.05, 0) is 102 Å². The molecule has 3 unspecified atom stereocenters. The minimum atomic E-state index is -4.46. The number of phosphoric acid groups is 1. The van der Waals surface area contributed by atoms with Crippen LogP contribution in [0.3, 0.4) is 0 Å². The average Bonchev–Trinajstić information content (AvgIpc) is 3.32. The Bertz CT molecular complexity index is 1430. The Morgan fingerprint density at radius 2 is 0.871 bits per heavy atom. The molecule has 0 spiro atoms. The fourth-order valence-corrected chi connectivity index (χ4v) is 8.59. The van der Waals surface area contributed by atoms with Gasteiger partial charge in [0.05, 0.1) is 33.8 Å². The van der Waals surface area contributed by atoms with Crippen LogP contribution < -0.4 is 5.32 Å². The second-order valence-electron chi connectivity index (χ2n) is 20.5. The van der Waals surface area contributed by atoms with Crippen LogP contribution in [0.15, 0.2) is 72.9 Å². The van der Waals surface area contributed by atoms with E-state index in [0.717, 1.165) is 89.9 Å². The van der Waals surface area contributed by atoms with Crippen molar-refractivity contribution in [1.82, 2.24) is 5.32 Å². The van der Waals surface area contributed by atoms with Gasteiger partial charge in [-0.1, -0.05) is 203 Å². The highest BCUT2D eigenvalue weighted by molar-refractivity contribution is 7.47. The first-order valence-electron chi connectivity index (χ1n) is 28.8. The smallest absolute Gasteiger partial charge is 0.456 e. The Labute approximate surface area is 432 Å². The summed E-state index contributed by atoms with van der Waals surface area (Å²) < 4.78 is 30.5. The summed E-state index contributed by atoms with van der Waals surface area (Å²) in [5.74, 6) is -0.562. The number of amides is 1. The van der Waals surface area contributed by atoms with Crippen LogP contribution in [0.5, 0.6) is 0 Å². The first-order valence-corrected chi connectivity index (χ1v) is 30.3. The Kier molecular flexibility index (Phi) is 48.2. The van der Waals surface area contributed by atoms with Gasteiger partial charge in [-0.25, -0.2) is 4.57 Å². The van der Waals surface area contributed by atoms with E-state index in [1.54, 1.807) is 0 Å². The fraction of sp³-hybridized carbons (Fsp3) is 0.767. The molecule has 70 heavy (non-hydrogen) atoms. The summed E-state index contributed by atoms with van der Waals surface area (Å²) in [6, 6.07) is -0.870. The molecule has 9 nitrogen and oxygen atoms in total. The third-order valence-corrected chi connectivity index (χ3v) is 13.4. The van der Waals surface area contributed by atoms with E-state index >= 15 is 0 Å². The van der Waals surface area contributed by atoms with Crippen molar-refractivity contribution in [2.75, 3.05) is 40.9 Å². The summed E-state index contributed by atoms with van der Waals surface area (Å²) >= 11 is 0. The standard InChI is InChI=1S/C60H109N2O7P/c1-7-10-13-16-19-22-25-27-29-30-31-32-33-35-38-41-44-47-50-53-60(64)69-58(51-48-45-42-39-36-24-21-18-15-12-9-3)57(56-68-70(65,66)67-55-54-62(4,5)6)61-59(63)52-49-46-43-40-37-34-28-26-23-20-17-14-11-8-2/h19,22,27,29,31-32,34-35,37-38,48,51,57-58H,7-18,20-21,23-26,28,30,33,36,39-47,49-50,52-56H2,1-6H3,(H-,61,63,65,66)/p+1/b22-19-,29-27-,32-31-,37-34-,38-35-,51-48+. The SMILES string of the molecule is CCCCC/C=C\C/C=C\C/C=C\C/C=C\CCCCCC(=O)OC(/C=C/CCCCCCCCCCC)C(COP(=O)(O)OCC[N+](C)(C)C)NC(=O)CCCCC/C=C\CCCCCCCCC. The van der Waals surface area contributed by atoms with Crippen LogP contribution in [0.4, 0.5) is 0 Å². The minimum Gasteiger partial charge on any atom is -0.456 e. The van der Waals surface area contributed by atoms with E-state index in [1.165, 1.54) is 116 Å². The Morgan fingerprint density at radius 1 is 0.500 bits per heavy atom. The molecule has 0 fully saturated rings. The molecule has 2 N–H and O–H groups in total. The van der Waals surface area contributed by atoms with E-state index in [2.05, 4.69) is 86.8 Å². The molecule has 3 atom stereocenters. The molecule has 0 aromatic heterocycles. The van der Waals surface area contributed by atoms with Gasteiger partial charge in [-0.2, -0.15) is 0 Å². The summed E-state index contributed by atoms with van der Waals surface area (Å²) in [7, 11) is 1.46. The van der Waals surface area contributed by atoms with Gasteiger partial charge in [0.2, 0.25) is 5.91 Å². The number of allylic oxidation sites excluding steroid dienone is 11. The molecule has 0 saturated heterocycles. The largest absolute Gasteiger partial charge is 0.472 e. The van der Waals surface area contributed by atoms with Gasteiger partial charge in [-0.15, -0.1) is 0 Å². The van der Waals surface area contributed by atoms with E-state index in [-0.39, 0.29) is 31.5 Å². The third kappa shape index (κ3) is 50.4. The summed E-state index contributed by atoms with van der Waals surface area (Å²) in [4.78, 5) is 37.5. The summed E-state index contributed by atoms with van der Waals surface area (Å²) in [5, 5.41) is 3.03. The van der Waals surface area contributed by atoms with Crippen LogP contribution >= 0.6 is 7.82 Å². The first kappa shape index (κ1) is 67.5. The number of ether oxygens (including phenoxy) is 1. The normalized spacial score (nSPS) is 14.3. The number of hydrogen-bond donors (Lipinski definition) is 2. The lowest BCUT2D eigenvalue weighted by atomic mass is 10.1. The number of nitrogens with zero attached hydrogens (tertiary/aromatic N) is 1. The Balaban J connectivity index is 5.39. The number of carbonyl (C=O) groups is 2. The predicted molar refractivity (Wildman–Crippen MR) is 300 cm³/mol. The summed E-state index contributed by atoms with van der Waals surface area (Å²) in [5.41, 5.74) is 0. The maximum absolute atomic E-state index is 13.5. The zero-order chi connectivity index (χ0) is 51.5. The number of carbonyl (C=O) groups excluding carboxylic acids is 2. The van der Waals surface area contributed by atoms with Crippen molar-refractivity contribution in [3.63, 3.8) is 0 Å². The van der Waals surface area contributed by atoms with Crippen molar-refractivity contribution in [3.05, 3.63) is 72.9 Å². The summed E-state index contributed by atoms with van der Waals surface area (Å²) in [6.07, 6.45) is 63.2. The number of esters is 1. The molecule has 0 bridgehead atoms. The molecule has 10 heteroatoms. The molecule has 0 heterocycles. The van der Waals surface area contributed by atoms with Crippen LogP contribution in [-0.2, 0) is 27.9 Å². The van der Waals surface area contributed by atoms with Gasteiger partial charge in [0.1, 0.15) is 19.3 Å². The number of likely N-dealkylation sites (N-methyl/N-ethyl adjacent to an activating group) is 1. The number of phosphoric ester groups is 1. The number of unbranched alkanes of at least 4 members (excludes halogenated alkanes) is 25. The maximum Gasteiger partial charge on any atom is 0.472 e. The number of hydrogen-bond acceptors (Lipinski definition) is 6. The lowest BCUT2D eigenvalue weighted by Gasteiger charge is -2.27.